The van der Waals surface area contributed by atoms with Crippen molar-refractivity contribution in [3.05, 3.63) is 29.3 Å². The Bertz CT molecular complexity index is 429. The lowest BCUT2D eigenvalue weighted by Gasteiger charge is -2.42. The van der Waals surface area contributed by atoms with Gasteiger partial charge in [0.2, 0.25) is 0 Å². The summed E-state index contributed by atoms with van der Waals surface area (Å²) in [5.74, 6) is 0.420. The largest absolute Gasteiger partial charge is 0.508 e. The van der Waals surface area contributed by atoms with Crippen LogP contribution in [0.3, 0.4) is 0 Å². The van der Waals surface area contributed by atoms with Crippen LogP contribution in [0.4, 0.5) is 0 Å². The van der Waals surface area contributed by atoms with Gasteiger partial charge >= 0.3 is 0 Å². The second-order valence-electron chi connectivity index (χ2n) is 6.57. The number of rotatable bonds is 2. The Hall–Kier alpha value is -1.06. The number of nitrogens with zero attached hydrogens (tertiary/aromatic N) is 2. The summed E-state index contributed by atoms with van der Waals surface area (Å²) in [6.45, 7) is 14.1. The molecule has 19 heavy (non-hydrogen) atoms. The van der Waals surface area contributed by atoms with Gasteiger partial charge in [0.15, 0.2) is 0 Å². The molecule has 106 valence electrons. The summed E-state index contributed by atoms with van der Waals surface area (Å²) in [6.07, 6.45) is 0. The average molecular weight is 262 g/mol. The lowest BCUT2D eigenvalue weighted by molar-refractivity contribution is 0.0588. The van der Waals surface area contributed by atoms with E-state index in [2.05, 4.69) is 43.6 Å². The summed E-state index contributed by atoms with van der Waals surface area (Å²) in [4.78, 5) is 4.95. The molecule has 1 aromatic rings. The van der Waals surface area contributed by atoms with Crippen LogP contribution in [0.25, 0.3) is 0 Å². The van der Waals surface area contributed by atoms with Crippen molar-refractivity contribution >= 4 is 0 Å². The number of benzene rings is 1. The number of aryl methyl sites for hydroxylation is 1. The first-order valence-corrected chi connectivity index (χ1v) is 7.12. The number of phenolic OH excluding ortho intramolecular Hbond substituents is 1. The van der Waals surface area contributed by atoms with E-state index in [-0.39, 0.29) is 5.54 Å². The Morgan fingerprint density at radius 1 is 1.11 bits per heavy atom. The van der Waals surface area contributed by atoms with E-state index < -0.39 is 0 Å². The average Bonchev–Trinajstić information content (AvgIpc) is 2.33. The van der Waals surface area contributed by atoms with Gasteiger partial charge in [0.05, 0.1) is 0 Å². The first-order chi connectivity index (χ1) is 8.86. The normalized spacial score (nSPS) is 18.7. The quantitative estimate of drug-likeness (QED) is 0.887. The topological polar surface area (TPSA) is 26.7 Å². The Balaban J connectivity index is 1.94. The zero-order chi connectivity index (χ0) is 14.0. The maximum Gasteiger partial charge on any atom is 0.120 e. The first-order valence-electron chi connectivity index (χ1n) is 7.12. The molecular formula is C16H26N2O. The van der Waals surface area contributed by atoms with Gasteiger partial charge in [0.25, 0.3) is 0 Å². The van der Waals surface area contributed by atoms with Crippen molar-refractivity contribution in [3.63, 3.8) is 0 Å². The molecule has 1 aromatic carbocycles. The molecule has 1 N–H and O–H groups in total. The third kappa shape index (κ3) is 3.71. The number of aromatic hydroxyl groups is 1. The highest BCUT2D eigenvalue weighted by Gasteiger charge is 2.25. The van der Waals surface area contributed by atoms with Gasteiger partial charge in [-0.05, 0) is 33.8 Å². The highest BCUT2D eigenvalue weighted by atomic mass is 16.3. The van der Waals surface area contributed by atoms with E-state index in [1.807, 2.05) is 6.07 Å². The zero-order valence-electron chi connectivity index (χ0n) is 12.6. The van der Waals surface area contributed by atoms with E-state index in [1.54, 1.807) is 6.07 Å². The van der Waals surface area contributed by atoms with Crippen molar-refractivity contribution in [2.24, 2.45) is 0 Å². The number of piperazine rings is 1. The summed E-state index contributed by atoms with van der Waals surface area (Å²) in [6, 6.07) is 5.85. The molecule has 1 aliphatic rings. The molecule has 0 radical (unpaired) electrons. The number of phenols is 1. The lowest BCUT2D eigenvalue weighted by atomic mass is 10.0. The maximum atomic E-state index is 9.91. The van der Waals surface area contributed by atoms with Crippen LogP contribution in [0.15, 0.2) is 18.2 Å². The monoisotopic (exact) mass is 262 g/mol. The second-order valence-corrected chi connectivity index (χ2v) is 6.57. The minimum absolute atomic E-state index is 0.261. The summed E-state index contributed by atoms with van der Waals surface area (Å²) in [7, 11) is 0. The molecule has 0 aromatic heterocycles. The van der Waals surface area contributed by atoms with Crippen LogP contribution in [0, 0.1) is 6.92 Å². The summed E-state index contributed by atoms with van der Waals surface area (Å²) in [5, 5.41) is 9.91. The molecule has 2 rings (SSSR count). The van der Waals surface area contributed by atoms with Crippen molar-refractivity contribution < 1.29 is 5.11 Å². The molecule has 0 aliphatic carbocycles. The van der Waals surface area contributed by atoms with Crippen LogP contribution in [-0.4, -0.2) is 46.6 Å². The summed E-state index contributed by atoms with van der Waals surface area (Å²) < 4.78 is 0. The fraction of sp³-hybridized carbons (Fsp3) is 0.625. The minimum Gasteiger partial charge on any atom is -0.508 e. The number of hydrogen-bond donors (Lipinski definition) is 1. The van der Waals surface area contributed by atoms with Crippen LogP contribution in [0.2, 0.25) is 0 Å². The van der Waals surface area contributed by atoms with Gasteiger partial charge in [-0.3, -0.25) is 9.80 Å². The Morgan fingerprint density at radius 3 is 2.32 bits per heavy atom. The van der Waals surface area contributed by atoms with Crippen LogP contribution < -0.4 is 0 Å². The van der Waals surface area contributed by atoms with E-state index in [0.717, 1.165) is 38.3 Å². The zero-order valence-corrected chi connectivity index (χ0v) is 12.6. The molecule has 1 aliphatic heterocycles. The van der Waals surface area contributed by atoms with E-state index >= 15 is 0 Å². The molecule has 1 heterocycles. The second kappa shape index (κ2) is 5.51. The minimum atomic E-state index is 0.261. The molecule has 0 saturated carbocycles. The predicted molar refractivity (Wildman–Crippen MR) is 79.4 cm³/mol. The van der Waals surface area contributed by atoms with Crippen molar-refractivity contribution in [1.29, 1.82) is 0 Å². The Labute approximate surface area is 116 Å². The van der Waals surface area contributed by atoms with Gasteiger partial charge in [-0.2, -0.15) is 0 Å². The molecular weight excluding hydrogens is 236 g/mol. The molecule has 0 amide bonds. The van der Waals surface area contributed by atoms with E-state index in [4.69, 9.17) is 0 Å². The Morgan fingerprint density at radius 2 is 1.74 bits per heavy atom. The SMILES string of the molecule is Cc1ccc(O)c(CN2CCN(C(C)(C)C)CC2)c1. The molecule has 0 atom stereocenters. The molecule has 3 heteroatoms. The molecule has 3 nitrogen and oxygen atoms in total. The number of hydrogen-bond acceptors (Lipinski definition) is 3. The van der Waals surface area contributed by atoms with Crippen LogP contribution in [-0.2, 0) is 6.54 Å². The van der Waals surface area contributed by atoms with Crippen molar-refractivity contribution in [3.8, 4) is 5.75 Å². The highest BCUT2D eigenvalue weighted by Crippen LogP contribution is 2.22. The van der Waals surface area contributed by atoms with Gasteiger partial charge in [-0.1, -0.05) is 17.7 Å². The van der Waals surface area contributed by atoms with E-state index in [0.29, 0.717) is 5.75 Å². The maximum absolute atomic E-state index is 9.91. The standard InChI is InChI=1S/C16H26N2O/c1-13-5-6-15(19)14(11-13)12-17-7-9-18(10-8-17)16(2,3)4/h5-6,11,19H,7-10,12H2,1-4H3. The summed E-state index contributed by atoms with van der Waals surface area (Å²) >= 11 is 0. The van der Waals surface area contributed by atoms with Crippen molar-refractivity contribution in [2.75, 3.05) is 26.2 Å². The van der Waals surface area contributed by atoms with Crippen molar-refractivity contribution in [2.45, 2.75) is 39.8 Å². The molecule has 0 unspecified atom stereocenters. The smallest absolute Gasteiger partial charge is 0.120 e. The van der Waals surface area contributed by atoms with Gasteiger partial charge < -0.3 is 5.11 Å². The lowest BCUT2D eigenvalue weighted by Crippen LogP contribution is -2.53. The summed E-state index contributed by atoms with van der Waals surface area (Å²) in [5.41, 5.74) is 2.52. The van der Waals surface area contributed by atoms with E-state index in [9.17, 15) is 5.11 Å². The fourth-order valence-electron chi connectivity index (χ4n) is 2.66. The van der Waals surface area contributed by atoms with Gasteiger partial charge in [0.1, 0.15) is 5.75 Å². The van der Waals surface area contributed by atoms with Crippen LogP contribution in [0.5, 0.6) is 5.75 Å². The molecule has 0 spiro atoms. The molecule has 1 saturated heterocycles. The van der Waals surface area contributed by atoms with Crippen molar-refractivity contribution in [1.82, 2.24) is 9.80 Å². The van der Waals surface area contributed by atoms with Crippen LogP contribution in [0.1, 0.15) is 31.9 Å². The molecule has 0 bridgehead atoms. The fourth-order valence-corrected chi connectivity index (χ4v) is 2.66. The van der Waals surface area contributed by atoms with E-state index in [1.165, 1.54) is 5.56 Å². The predicted octanol–water partition coefficient (Wildman–Crippen LogP) is 2.62. The third-order valence-corrected chi connectivity index (χ3v) is 3.95. The van der Waals surface area contributed by atoms with Gasteiger partial charge in [-0.15, -0.1) is 0 Å². The first kappa shape index (κ1) is 14.4. The third-order valence-electron chi connectivity index (χ3n) is 3.95. The van der Waals surface area contributed by atoms with Gasteiger partial charge in [0, 0.05) is 43.8 Å². The Kier molecular flexibility index (Phi) is 4.16. The highest BCUT2D eigenvalue weighted by molar-refractivity contribution is 5.35. The molecule has 1 fully saturated rings. The van der Waals surface area contributed by atoms with Crippen LogP contribution >= 0.6 is 0 Å². The van der Waals surface area contributed by atoms with Gasteiger partial charge in [-0.25, -0.2) is 0 Å².